The fraction of sp³-hybridized carbons (Fsp3) is 0.350. The zero-order valence-corrected chi connectivity index (χ0v) is 16.1. The van der Waals surface area contributed by atoms with Gasteiger partial charge in [-0.05, 0) is 48.4 Å². The third-order valence-electron chi connectivity index (χ3n) is 4.01. The van der Waals surface area contributed by atoms with Crippen LogP contribution in [-0.4, -0.2) is 45.2 Å². The van der Waals surface area contributed by atoms with Crippen molar-refractivity contribution in [3.05, 3.63) is 53.1 Å². The van der Waals surface area contributed by atoms with E-state index < -0.39 is 0 Å². The van der Waals surface area contributed by atoms with Gasteiger partial charge in [-0.15, -0.1) is 0 Å². The summed E-state index contributed by atoms with van der Waals surface area (Å²) >= 11 is 5.84. The molecule has 0 aliphatic rings. The van der Waals surface area contributed by atoms with Crippen LogP contribution in [0, 0.1) is 0 Å². The molecule has 0 unspecified atom stereocenters. The van der Waals surface area contributed by atoms with E-state index in [0.717, 1.165) is 11.3 Å². The minimum absolute atomic E-state index is 0.0690. The summed E-state index contributed by atoms with van der Waals surface area (Å²) in [6, 6.07) is 12.8. The van der Waals surface area contributed by atoms with E-state index in [1.165, 1.54) is 0 Å². The Labute approximate surface area is 159 Å². The number of rotatable bonds is 9. The number of halogens is 1. The van der Waals surface area contributed by atoms with Crippen LogP contribution in [0.25, 0.3) is 0 Å². The Morgan fingerprint density at radius 1 is 1.04 bits per heavy atom. The van der Waals surface area contributed by atoms with Crippen LogP contribution in [0.4, 0.5) is 0 Å². The van der Waals surface area contributed by atoms with Gasteiger partial charge in [0, 0.05) is 18.5 Å². The van der Waals surface area contributed by atoms with E-state index in [4.69, 9.17) is 25.8 Å². The summed E-state index contributed by atoms with van der Waals surface area (Å²) in [5.41, 5.74) is 1.03. The second kappa shape index (κ2) is 9.92. The number of nitrogens with zero attached hydrogens (tertiary/aromatic N) is 1. The third kappa shape index (κ3) is 5.85. The monoisotopic (exact) mass is 377 g/mol. The fourth-order valence-electron chi connectivity index (χ4n) is 2.43. The summed E-state index contributed by atoms with van der Waals surface area (Å²) in [4.78, 5) is 14.0. The lowest BCUT2D eigenvalue weighted by Crippen LogP contribution is -2.31. The zero-order valence-electron chi connectivity index (χ0n) is 15.3. The Hall–Kier alpha value is -2.40. The summed E-state index contributed by atoms with van der Waals surface area (Å²) < 4.78 is 16.1. The molecule has 5 nitrogen and oxygen atoms in total. The van der Waals surface area contributed by atoms with Gasteiger partial charge in [0.25, 0.3) is 0 Å². The number of carbonyl (C=O) groups excluding carboxylic acids is 1. The molecule has 2 rings (SSSR count). The van der Waals surface area contributed by atoms with E-state index in [2.05, 4.69) is 0 Å². The highest BCUT2D eigenvalue weighted by Gasteiger charge is 2.11. The fourth-order valence-corrected chi connectivity index (χ4v) is 2.56. The number of carbonyl (C=O) groups is 1. The van der Waals surface area contributed by atoms with Crippen LogP contribution in [-0.2, 0) is 11.2 Å². The molecule has 0 saturated carbocycles. The largest absolute Gasteiger partial charge is 0.493 e. The van der Waals surface area contributed by atoms with Gasteiger partial charge >= 0.3 is 0 Å². The smallest absolute Gasteiger partial charge is 0.222 e. The van der Waals surface area contributed by atoms with Crippen LogP contribution in [0.15, 0.2) is 42.5 Å². The molecule has 0 aromatic heterocycles. The van der Waals surface area contributed by atoms with E-state index >= 15 is 0 Å². The van der Waals surface area contributed by atoms with E-state index in [9.17, 15) is 4.79 Å². The van der Waals surface area contributed by atoms with Gasteiger partial charge < -0.3 is 19.1 Å². The standard InChI is InChI=1S/C20H24ClNO4/c1-22(12-13-26-17-8-6-16(21)7-9-17)20(23)11-5-15-4-10-18(24-2)19(14-15)25-3/h4,6-10,14H,5,11-13H2,1-3H3. The molecule has 0 N–H and O–H groups in total. The van der Waals surface area contributed by atoms with E-state index in [0.29, 0.717) is 42.5 Å². The van der Waals surface area contributed by atoms with E-state index in [1.54, 1.807) is 50.4 Å². The SMILES string of the molecule is COc1ccc(CCC(=O)N(C)CCOc2ccc(Cl)cc2)cc1OC. The Morgan fingerprint density at radius 3 is 2.38 bits per heavy atom. The molecule has 26 heavy (non-hydrogen) atoms. The Balaban J connectivity index is 1.77. The van der Waals surface area contributed by atoms with E-state index in [1.807, 2.05) is 18.2 Å². The molecular formula is C20H24ClNO4. The summed E-state index contributed by atoms with van der Waals surface area (Å²) in [6.45, 7) is 0.952. The van der Waals surface area contributed by atoms with Crippen LogP contribution in [0.2, 0.25) is 5.02 Å². The highest BCUT2D eigenvalue weighted by molar-refractivity contribution is 6.30. The van der Waals surface area contributed by atoms with Gasteiger partial charge in [-0.2, -0.15) is 0 Å². The van der Waals surface area contributed by atoms with E-state index in [-0.39, 0.29) is 5.91 Å². The second-order valence-electron chi connectivity index (χ2n) is 5.81. The number of hydrogen-bond donors (Lipinski definition) is 0. The summed E-state index contributed by atoms with van der Waals surface area (Å²) in [5, 5.41) is 0.666. The predicted molar refractivity (Wildman–Crippen MR) is 102 cm³/mol. The molecular weight excluding hydrogens is 354 g/mol. The molecule has 1 amide bonds. The third-order valence-corrected chi connectivity index (χ3v) is 4.26. The molecule has 2 aromatic carbocycles. The Kier molecular flexibility index (Phi) is 7.60. The first-order valence-corrected chi connectivity index (χ1v) is 8.74. The van der Waals surface area contributed by atoms with Crippen LogP contribution in [0.3, 0.4) is 0 Å². The molecule has 0 spiro atoms. The average molecular weight is 378 g/mol. The van der Waals surface area contributed by atoms with Gasteiger partial charge in [0.2, 0.25) is 5.91 Å². The van der Waals surface area contributed by atoms with Crippen LogP contribution in [0.1, 0.15) is 12.0 Å². The number of methoxy groups -OCH3 is 2. The second-order valence-corrected chi connectivity index (χ2v) is 6.24. The molecule has 0 aliphatic heterocycles. The molecule has 0 heterocycles. The summed E-state index contributed by atoms with van der Waals surface area (Å²) in [6.07, 6.45) is 1.06. The van der Waals surface area contributed by atoms with Crippen molar-refractivity contribution in [1.29, 1.82) is 0 Å². The highest BCUT2D eigenvalue weighted by atomic mass is 35.5. The Morgan fingerprint density at radius 2 is 1.73 bits per heavy atom. The quantitative estimate of drug-likeness (QED) is 0.666. The van der Waals surface area contributed by atoms with Crippen molar-refractivity contribution >= 4 is 17.5 Å². The molecule has 0 radical (unpaired) electrons. The van der Waals surface area contributed by atoms with Gasteiger partial charge in [0.05, 0.1) is 20.8 Å². The summed E-state index contributed by atoms with van der Waals surface area (Å²) in [7, 11) is 4.98. The maximum absolute atomic E-state index is 12.3. The zero-order chi connectivity index (χ0) is 18.9. The van der Waals surface area contributed by atoms with Gasteiger partial charge in [-0.1, -0.05) is 17.7 Å². The van der Waals surface area contributed by atoms with Gasteiger partial charge in [-0.3, -0.25) is 4.79 Å². The number of benzene rings is 2. The van der Waals surface area contributed by atoms with Crippen molar-refractivity contribution < 1.29 is 19.0 Å². The lowest BCUT2D eigenvalue weighted by molar-refractivity contribution is -0.130. The topological polar surface area (TPSA) is 48.0 Å². The van der Waals surface area contributed by atoms with Gasteiger partial charge in [0.1, 0.15) is 12.4 Å². The molecule has 140 valence electrons. The molecule has 0 atom stereocenters. The molecule has 0 fully saturated rings. The van der Waals surface area contributed by atoms with Crippen molar-refractivity contribution in [1.82, 2.24) is 4.90 Å². The van der Waals surface area contributed by atoms with Crippen LogP contribution in [0.5, 0.6) is 17.2 Å². The van der Waals surface area contributed by atoms with Gasteiger partial charge in [-0.25, -0.2) is 0 Å². The maximum Gasteiger partial charge on any atom is 0.222 e. The molecule has 0 bridgehead atoms. The molecule has 6 heteroatoms. The van der Waals surface area contributed by atoms with Crippen molar-refractivity contribution in [3.8, 4) is 17.2 Å². The van der Waals surface area contributed by atoms with Crippen molar-refractivity contribution in [2.45, 2.75) is 12.8 Å². The first-order valence-electron chi connectivity index (χ1n) is 8.36. The number of amides is 1. The first-order chi connectivity index (χ1) is 12.5. The predicted octanol–water partition coefficient (Wildman–Crippen LogP) is 3.83. The van der Waals surface area contributed by atoms with Crippen molar-refractivity contribution in [2.24, 2.45) is 0 Å². The number of aryl methyl sites for hydroxylation is 1. The number of ether oxygens (including phenoxy) is 3. The minimum Gasteiger partial charge on any atom is -0.493 e. The maximum atomic E-state index is 12.3. The lowest BCUT2D eigenvalue weighted by Gasteiger charge is -2.18. The lowest BCUT2D eigenvalue weighted by atomic mass is 10.1. The Bertz CT molecular complexity index is 718. The average Bonchev–Trinajstić information content (AvgIpc) is 2.67. The van der Waals surface area contributed by atoms with Crippen molar-refractivity contribution in [3.63, 3.8) is 0 Å². The number of likely N-dealkylation sites (N-methyl/N-ethyl adjacent to an activating group) is 1. The minimum atomic E-state index is 0.0690. The highest BCUT2D eigenvalue weighted by Crippen LogP contribution is 2.28. The van der Waals surface area contributed by atoms with Crippen LogP contribution < -0.4 is 14.2 Å². The molecule has 0 saturated heterocycles. The first kappa shape index (κ1) is 19.9. The van der Waals surface area contributed by atoms with Crippen LogP contribution >= 0.6 is 11.6 Å². The van der Waals surface area contributed by atoms with Gasteiger partial charge in [0.15, 0.2) is 11.5 Å². The molecule has 2 aromatic rings. The normalized spacial score (nSPS) is 10.3. The summed E-state index contributed by atoms with van der Waals surface area (Å²) in [5.74, 6) is 2.15. The van der Waals surface area contributed by atoms with Crippen molar-refractivity contribution in [2.75, 3.05) is 34.4 Å². The molecule has 0 aliphatic carbocycles. The number of hydrogen-bond acceptors (Lipinski definition) is 4.